The molecule has 210 valence electrons. The Morgan fingerprint density at radius 1 is 0.900 bits per heavy atom. The van der Waals surface area contributed by atoms with Gasteiger partial charge >= 0.3 is 12.1 Å². The number of ether oxygens (including phenoxy) is 2. The molecule has 3 N–H and O–H groups in total. The molecule has 2 amide bonds. The Kier molecular flexibility index (Phi) is 9.22. The minimum absolute atomic E-state index is 0.110. The zero-order valence-electron chi connectivity index (χ0n) is 23.1. The van der Waals surface area contributed by atoms with Crippen LogP contribution in [-0.2, 0) is 25.7 Å². The van der Waals surface area contributed by atoms with Crippen molar-refractivity contribution in [1.29, 1.82) is 0 Å². The van der Waals surface area contributed by atoms with Crippen LogP contribution in [0.25, 0.3) is 11.1 Å². The van der Waals surface area contributed by atoms with Gasteiger partial charge in [-0.2, -0.15) is 0 Å². The van der Waals surface area contributed by atoms with E-state index in [2.05, 4.69) is 22.8 Å². The van der Waals surface area contributed by atoms with Crippen LogP contribution in [0.5, 0.6) is 0 Å². The van der Waals surface area contributed by atoms with Crippen LogP contribution in [0.2, 0.25) is 0 Å². The summed E-state index contributed by atoms with van der Waals surface area (Å²) in [5, 5.41) is 14.6. The van der Waals surface area contributed by atoms with E-state index in [0.29, 0.717) is 0 Å². The van der Waals surface area contributed by atoms with Crippen LogP contribution in [0.4, 0.5) is 4.79 Å². The molecule has 1 aliphatic rings. The van der Waals surface area contributed by atoms with Crippen LogP contribution >= 0.6 is 0 Å². The molecule has 4 rings (SSSR count). The normalized spacial score (nSPS) is 14.0. The number of carbonyl (C=O) groups excluding carboxylic acids is 2. The van der Waals surface area contributed by atoms with Crippen molar-refractivity contribution in [1.82, 2.24) is 10.6 Å². The lowest BCUT2D eigenvalue weighted by molar-refractivity contribution is -0.139. The van der Waals surface area contributed by atoms with E-state index in [0.717, 1.165) is 27.8 Å². The molecule has 0 bridgehead atoms. The van der Waals surface area contributed by atoms with Crippen LogP contribution in [0.1, 0.15) is 49.8 Å². The third-order valence-corrected chi connectivity index (χ3v) is 7.10. The second-order valence-corrected chi connectivity index (χ2v) is 10.9. The highest BCUT2D eigenvalue weighted by molar-refractivity contribution is 5.86. The minimum atomic E-state index is -1.06. The lowest BCUT2D eigenvalue weighted by atomic mass is 9.89. The first-order chi connectivity index (χ1) is 19.1. The molecular formula is C32H36N2O6. The summed E-state index contributed by atoms with van der Waals surface area (Å²) in [4.78, 5) is 37.5. The standard InChI is InChI=1S/C32H36N2O6/c1-21(39-18-22-11-5-4-6-12-22)29(30(37)33-20-32(2,3)17-28(35)36)34-31(38)40-19-27-25-15-9-7-13-23(25)24-14-8-10-16-26(24)27/h4-16,21,27,29H,17-20H2,1-3H3,(H,33,37)(H,34,38)(H,35,36)/t21-,29+/m0/s1. The van der Waals surface area contributed by atoms with E-state index in [-0.39, 0.29) is 32.1 Å². The number of carboxylic acid groups (broad SMARTS) is 1. The van der Waals surface area contributed by atoms with Crippen molar-refractivity contribution in [2.75, 3.05) is 13.2 Å². The maximum Gasteiger partial charge on any atom is 0.407 e. The summed E-state index contributed by atoms with van der Waals surface area (Å²) in [6.45, 7) is 5.70. The minimum Gasteiger partial charge on any atom is -0.481 e. The van der Waals surface area contributed by atoms with Crippen LogP contribution < -0.4 is 10.6 Å². The summed E-state index contributed by atoms with van der Waals surface area (Å²) in [7, 11) is 0. The van der Waals surface area contributed by atoms with Crippen LogP contribution in [0.3, 0.4) is 0 Å². The van der Waals surface area contributed by atoms with Crippen molar-refractivity contribution >= 4 is 18.0 Å². The predicted octanol–water partition coefficient (Wildman–Crippen LogP) is 5.12. The van der Waals surface area contributed by atoms with Crippen molar-refractivity contribution in [3.8, 4) is 11.1 Å². The van der Waals surface area contributed by atoms with E-state index in [1.807, 2.05) is 66.7 Å². The summed E-state index contributed by atoms with van der Waals surface area (Å²) >= 11 is 0. The van der Waals surface area contributed by atoms with E-state index in [4.69, 9.17) is 9.47 Å². The van der Waals surface area contributed by atoms with Gasteiger partial charge in [-0.3, -0.25) is 9.59 Å². The summed E-state index contributed by atoms with van der Waals surface area (Å²) in [6, 6.07) is 24.6. The number of aliphatic carboxylic acids is 1. The molecule has 40 heavy (non-hydrogen) atoms. The molecule has 0 radical (unpaired) electrons. The number of alkyl carbamates (subject to hydrolysis) is 1. The zero-order valence-corrected chi connectivity index (χ0v) is 23.1. The molecular weight excluding hydrogens is 508 g/mol. The Hall–Kier alpha value is -4.17. The molecule has 3 aromatic carbocycles. The molecule has 0 heterocycles. The fourth-order valence-electron chi connectivity index (χ4n) is 4.97. The van der Waals surface area contributed by atoms with Crippen LogP contribution in [0.15, 0.2) is 78.9 Å². The van der Waals surface area contributed by atoms with Gasteiger partial charge in [0, 0.05) is 12.5 Å². The molecule has 0 unspecified atom stereocenters. The van der Waals surface area contributed by atoms with E-state index in [1.54, 1.807) is 20.8 Å². The van der Waals surface area contributed by atoms with Gasteiger partial charge in [-0.05, 0) is 40.2 Å². The third kappa shape index (κ3) is 7.27. The zero-order chi connectivity index (χ0) is 28.7. The molecule has 1 aliphatic carbocycles. The van der Waals surface area contributed by atoms with Gasteiger partial charge in [0.25, 0.3) is 0 Å². The van der Waals surface area contributed by atoms with Gasteiger partial charge in [0.1, 0.15) is 12.6 Å². The fraction of sp³-hybridized carbons (Fsp3) is 0.344. The Morgan fingerprint density at radius 3 is 2.08 bits per heavy atom. The summed E-state index contributed by atoms with van der Waals surface area (Å²) in [5.41, 5.74) is 4.67. The number of carbonyl (C=O) groups is 3. The topological polar surface area (TPSA) is 114 Å². The van der Waals surface area contributed by atoms with Crippen molar-refractivity contribution in [2.24, 2.45) is 5.41 Å². The van der Waals surface area contributed by atoms with Gasteiger partial charge in [-0.1, -0.05) is 92.7 Å². The second kappa shape index (κ2) is 12.8. The number of amides is 2. The number of nitrogens with one attached hydrogen (secondary N) is 2. The van der Waals surface area contributed by atoms with Gasteiger partial charge in [0.2, 0.25) is 5.91 Å². The molecule has 0 aliphatic heterocycles. The molecule has 8 nitrogen and oxygen atoms in total. The number of fused-ring (bicyclic) bond motifs is 3. The smallest absolute Gasteiger partial charge is 0.407 e. The average Bonchev–Trinajstić information content (AvgIpc) is 3.26. The molecule has 8 heteroatoms. The van der Waals surface area contributed by atoms with Gasteiger partial charge in [0.05, 0.1) is 19.1 Å². The number of hydrogen-bond acceptors (Lipinski definition) is 5. The number of rotatable bonds is 12. The number of hydrogen-bond donors (Lipinski definition) is 3. The first-order valence-electron chi connectivity index (χ1n) is 13.4. The molecule has 2 atom stereocenters. The lowest BCUT2D eigenvalue weighted by Crippen LogP contribution is -2.54. The molecule has 0 fully saturated rings. The Balaban J connectivity index is 1.43. The second-order valence-electron chi connectivity index (χ2n) is 10.9. The first-order valence-corrected chi connectivity index (χ1v) is 13.4. The van der Waals surface area contributed by atoms with Crippen molar-refractivity contribution in [2.45, 2.75) is 51.9 Å². The van der Waals surface area contributed by atoms with Gasteiger partial charge < -0.3 is 25.2 Å². The van der Waals surface area contributed by atoms with Crippen LogP contribution in [-0.4, -0.2) is 48.4 Å². The summed E-state index contributed by atoms with van der Waals surface area (Å²) < 4.78 is 11.6. The molecule has 3 aromatic rings. The largest absolute Gasteiger partial charge is 0.481 e. The van der Waals surface area contributed by atoms with E-state index >= 15 is 0 Å². The van der Waals surface area contributed by atoms with Crippen molar-refractivity contribution in [3.05, 3.63) is 95.6 Å². The van der Waals surface area contributed by atoms with Gasteiger partial charge in [-0.25, -0.2) is 4.79 Å². The molecule has 0 saturated heterocycles. The fourth-order valence-corrected chi connectivity index (χ4v) is 4.97. The van der Waals surface area contributed by atoms with E-state index < -0.39 is 35.5 Å². The third-order valence-electron chi connectivity index (χ3n) is 7.10. The van der Waals surface area contributed by atoms with Crippen LogP contribution in [0, 0.1) is 5.41 Å². The quantitative estimate of drug-likeness (QED) is 0.292. The summed E-state index contributed by atoms with van der Waals surface area (Å²) in [6.07, 6.45) is -1.54. The number of benzene rings is 3. The maximum atomic E-state index is 13.2. The van der Waals surface area contributed by atoms with E-state index in [1.165, 1.54) is 0 Å². The Morgan fingerprint density at radius 2 is 1.48 bits per heavy atom. The monoisotopic (exact) mass is 544 g/mol. The van der Waals surface area contributed by atoms with E-state index in [9.17, 15) is 19.5 Å². The average molecular weight is 545 g/mol. The molecule has 0 saturated carbocycles. The number of carboxylic acids is 1. The Labute approximate surface area is 234 Å². The molecule has 0 spiro atoms. The van der Waals surface area contributed by atoms with Crippen molar-refractivity contribution < 1.29 is 29.0 Å². The maximum absolute atomic E-state index is 13.2. The highest BCUT2D eigenvalue weighted by atomic mass is 16.5. The summed E-state index contributed by atoms with van der Waals surface area (Å²) in [5.74, 6) is -1.55. The lowest BCUT2D eigenvalue weighted by Gasteiger charge is -2.28. The highest BCUT2D eigenvalue weighted by Gasteiger charge is 2.32. The molecule has 0 aromatic heterocycles. The van der Waals surface area contributed by atoms with Crippen molar-refractivity contribution in [3.63, 3.8) is 0 Å². The van der Waals surface area contributed by atoms with Gasteiger partial charge in [-0.15, -0.1) is 0 Å². The van der Waals surface area contributed by atoms with Gasteiger partial charge in [0.15, 0.2) is 0 Å². The Bertz CT molecular complexity index is 1290. The highest BCUT2D eigenvalue weighted by Crippen LogP contribution is 2.44. The predicted molar refractivity (Wildman–Crippen MR) is 152 cm³/mol. The SMILES string of the molecule is C[C@H](OCc1ccccc1)[C@@H](NC(=O)OCC1c2ccccc2-c2ccccc21)C(=O)NCC(C)(C)CC(=O)O. The first kappa shape index (κ1) is 28.8.